The molecule has 1 aliphatic carbocycles. The lowest BCUT2D eigenvalue weighted by Gasteiger charge is -2.25. The zero-order valence-electron chi connectivity index (χ0n) is 17.0. The van der Waals surface area contributed by atoms with Crippen molar-refractivity contribution in [3.05, 3.63) is 123 Å². The highest BCUT2D eigenvalue weighted by Gasteiger charge is 2.39. The Labute approximate surface area is 180 Å². The Balaban J connectivity index is 1.93. The Morgan fingerprint density at radius 1 is 0.806 bits per heavy atom. The van der Waals surface area contributed by atoms with Gasteiger partial charge in [-0.05, 0) is 22.6 Å². The molecular weight excluding hydrogens is 390 g/mol. The summed E-state index contributed by atoms with van der Waals surface area (Å²) in [6, 6.07) is 25.2. The summed E-state index contributed by atoms with van der Waals surface area (Å²) in [5.41, 5.74) is 2.97. The van der Waals surface area contributed by atoms with E-state index in [1.807, 2.05) is 67.6 Å². The van der Waals surface area contributed by atoms with Crippen LogP contribution in [0.3, 0.4) is 0 Å². The molecule has 0 N–H and O–H groups in total. The lowest BCUT2D eigenvalue weighted by Crippen LogP contribution is -2.23. The molecule has 0 unspecified atom stereocenters. The summed E-state index contributed by atoms with van der Waals surface area (Å²) in [4.78, 5) is 37.8. The van der Waals surface area contributed by atoms with Gasteiger partial charge in [-0.15, -0.1) is 0 Å². The van der Waals surface area contributed by atoms with Crippen LogP contribution in [0.25, 0.3) is 5.57 Å². The van der Waals surface area contributed by atoms with E-state index in [-0.39, 0.29) is 28.6 Å². The zero-order chi connectivity index (χ0) is 22.0. The molecule has 5 nitrogen and oxygen atoms in total. The SMILES string of the molecule is C[C@H](C(=C1C(=O)c2ccccc2C1=O)c1ccccc1)[C@@H](C[N+](=O)[O-])c1ccccc1. The second-order valence-corrected chi connectivity index (χ2v) is 7.68. The number of allylic oxidation sites excluding steroid dienone is 2. The van der Waals surface area contributed by atoms with Crippen LogP contribution in [0.15, 0.2) is 90.5 Å². The molecule has 5 heteroatoms. The first kappa shape index (κ1) is 20.4. The number of nitrogens with zero attached hydrogens (tertiary/aromatic N) is 1. The highest BCUT2D eigenvalue weighted by Crippen LogP contribution is 2.41. The van der Waals surface area contributed by atoms with Gasteiger partial charge in [0.05, 0.1) is 11.5 Å². The minimum Gasteiger partial charge on any atom is -0.288 e. The molecule has 31 heavy (non-hydrogen) atoms. The fourth-order valence-corrected chi connectivity index (χ4v) is 4.36. The molecule has 0 bridgehead atoms. The summed E-state index contributed by atoms with van der Waals surface area (Å²) in [6.45, 7) is 1.56. The van der Waals surface area contributed by atoms with Crippen molar-refractivity contribution < 1.29 is 14.5 Å². The summed E-state index contributed by atoms with van der Waals surface area (Å²) < 4.78 is 0. The molecule has 4 rings (SSSR count). The fraction of sp³-hybridized carbons (Fsp3) is 0.154. The van der Waals surface area contributed by atoms with Crippen LogP contribution < -0.4 is 0 Å². The molecule has 0 aromatic heterocycles. The van der Waals surface area contributed by atoms with Crippen LogP contribution in [-0.2, 0) is 0 Å². The molecule has 0 amide bonds. The molecule has 1 aliphatic rings. The molecule has 0 radical (unpaired) electrons. The first-order valence-corrected chi connectivity index (χ1v) is 10.1. The molecule has 0 saturated heterocycles. The van der Waals surface area contributed by atoms with E-state index in [9.17, 15) is 19.7 Å². The minimum absolute atomic E-state index is 0.115. The van der Waals surface area contributed by atoms with Gasteiger partial charge < -0.3 is 0 Å². The number of benzene rings is 3. The van der Waals surface area contributed by atoms with E-state index in [1.54, 1.807) is 24.3 Å². The van der Waals surface area contributed by atoms with Crippen molar-refractivity contribution in [2.75, 3.05) is 6.54 Å². The van der Waals surface area contributed by atoms with Crippen LogP contribution >= 0.6 is 0 Å². The maximum absolute atomic E-state index is 13.3. The molecular formula is C26H21NO4. The molecule has 0 heterocycles. The van der Waals surface area contributed by atoms with Gasteiger partial charge in [0, 0.05) is 16.1 Å². The molecule has 3 aromatic rings. The average Bonchev–Trinajstić information content (AvgIpc) is 3.04. The maximum Gasteiger partial charge on any atom is 0.211 e. The summed E-state index contributed by atoms with van der Waals surface area (Å²) in [5, 5.41) is 11.5. The van der Waals surface area contributed by atoms with E-state index in [1.165, 1.54) is 0 Å². The first-order chi connectivity index (χ1) is 15.0. The standard InChI is InChI=1S/C26H21NO4/c1-17(22(16-27(30)31)18-10-4-2-5-11-18)23(19-12-6-3-7-13-19)24-25(28)20-14-8-9-15-21(20)26(24)29/h2-15,17,22H,16H2,1H3/t17-,22+/m0/s1. The number of rotatable bonds is 6. The van der Waals surface area contributed by atoms with Crippen LogP contribution in [0.4, 0.5) is 0 Å². The number of carbonyl (C=O) groups is 2. The monoisotopic (exact) mass is 411 g/mol. The van der Waals surface area contributed by atoms with Crippen molar-refractivity contribution in [1.82, 2.24) is 0 Å². The summed E-state index contributed by atoms with van der Waals surface area (Å²) >= 11 is 0. The molecule has 0 saturated carbocycles. The second-order valence-electron chi connectivity index (χ2n) is 7.68. The van der Waals surface area contributed by atoms with E-state index in [4.69, 9.17) is 0 Å². The number of Topliss-reactive ketones (excluding diaryl/α,β-unsaturated/α-hetero) is 2. The van der Waals surface area contributed by atoms with Gasteiger partial charge in [-0.3, -0.25) is 19.7 Å². The van der Waals surface area contributed by atoms with Gasteiger partial charge in [0.25, 0.3) is 0 Å². The predicted octanol–water partition coefficient (Wildman–Crippen LogP) is 5.22. The highest BCUT2D eigenvalue weighted by molar-refractivity contribution is 6.42. The maximum atomic E-state index is 13.3. The summed E-state index contributed by atoms with van der Waals surface area (Å²) in [5.74, 6) is -1.57. The van der Waals surface area contributed by atoms with E-state index >= 15 is 0 Å². The number of carbonyl (C=O) groups excluding carboxylic acids is 2. The average molecular weight is 411 g/mol. The van der Waals surface area contributed by atoms with Gasteiger partial charge >= 0.3 is 0 Å². The lowest BCUT2D eigenvalue weighted by atomic mass is 9.77. The van der Waals surface area contributed by atoms with Crippen LogP contribution in [0.2, 0.25) is 0 Å². The number of hydrogen-bond donors (Lipinski definition) is 0. The number of ketones is 2. The van der Waals surface area contributed by atoms with Crippen molar-refractivity contribution in [2.45, 2.75) is 12.8 Å². The summed E-state index contributed by atoms with van der Waals surface area (Å²) in [7, 11) is 0. The first-order valence-electron chi connectivity index (χ1n) is 10.1. The number of fused-ring (bicyclic) bond motifs is 1. The van der Waals surface area contributed by atoms with Gasteiger partial charge in [-0.2, -0.15) is 0 Å². The van der Waals surface area contributed by atoms with Crippen molar-refractivity contribution in [1.29, 1.82) is 0 Å². The van der Waals surface area contributed by atoms with Crippen LogP contribution in [-0.4, -0.2) is 23.0 Å². The normalized spacial score (nSPS) is 14.8. The Morgan fingerprint density at radius 2 is 1.29 bits per heavy atom. The minimum atomic E-state index is -0.497. The lowest BCUT2D eigenvalue weighted by molar-refractivity contribution is -0.484. The zero-order valence-corrected chi connectivity index (χ0v) is 17.0. The van der Waals surface area contributed by atoms with Gasteiger partial charge in [0.1, 0.15) is 0 Å². The largest absolute Gasteiger partial charge is 0.288 e. The topological polar surface area (TPSA) is 77.3 Å². The van der Waals surface area contributed by atoms with Gasteiger partial charge in [0.15, 0.2) is 11.6 Å². The Bertz CT molecular complexity index is 1150. The third-order valence-electron chi connectivity index (χ3n) is 5.86. The molecule has 0 fully saturated rings. The second kappa shape index (κ2) is 8.48. The van der Waals surface area contributed by atoms with Crippen LogP contribution in [0, 0.1) is 16.0 Å². The Hall–Kier alpha value is -3.86. The van der Waals surface area contributed by atoms with E-state index in [0.29, 0.717) is 16.7 Å². The Kier molecular flexibility index (Phi) is 5.58. The Morgan fingerprint density at radius 3 is 1.81 bits per heavy atom. The van der Waals surface area contributed by atoms with Crippen molar-refractivity contribution in [2.24, 2.45) is 5.92 Å². The van der Waals surface area contributed by atoms with Gasteiger partial charge in [-0.1, -0.05) is 91.9 Å². The highest BCUT2D eigenvalue weighted by atomic mass is 16.6. The van der Waals surface area contributed by atoms with E-state index in [2.05, 4.69) is 0 Å². The third kappa shape index (κ3) is 3.82. The quantitative estimate of drug-likeness (QED) is 0.241. The fourth-order valence-electron chi connectivity index (χ4n) is 4.36. The third-order valence-corrected chi connectivity index (χ3v) is 5.86. The van der Waals surface area contributed by atoms with Crippen molar-refractivity contribution >= 4 is 17.1 Å². The smallest absolute Gasteiger partial charge is 0.211 e. The van der Waals surface area contributed by atoms with E-state index in [0.717, 1.165) is 11.1 Å². The molecule has 154 valence electrons. The number of hydrogen-bond acceptors (Lipinski definition) is 4. The summed E-state index contributed by atoms with van der Waals surface area (Å²) in [6.07, 6.45) is 0. The predicted molar refractivity (Wildman–Crippen MR) is 119 cm³/mol. The van der Waals surface area contributed by atoms with Gasteiger partial charge in [0.2, 0.25) is 6.54 Å². The molecule has 2 atom stereocenters. The van der Waals surface area contributed by atoms with Crippen LogP contribution in [0.1, 0.15) is 44.7 Å². The molecule has 3 aromatic carbocycles. The van der Waals surface area contributed by atoms with Crippen LogP contribution in [0.5, 0.6) is 0 Å². The molecule has 0 aliphatic heterocycles. The van der Waals surface area contributed by atoms with Crippen molar-refractivity contribution in [3.8, 4) is 0 Å². The van der Waals surface area contributed by atoms with Gasteiger partial charge in [-0.25, -0.2) is 0 Å². The number of nitro groups is 1. The van der Waals surface area contributed by atoms with E-state index < -0.39 is 11.8 Å². The van der Waals surface area contributed by atoms with Crippen molar-refractivity contribution in [3.63, 3.8) is 0 Å². The molecule has 0 spiro atoms.